The van der Waals surface area contributed by atoms with E-state index in [0.717, 1.165) is 18.4 Å². The lowest BCUT2D eigenvalue weighted by molar-refractivity contribution is -0.119. The molecule has 1 saturated carbocycles. The summed E-state index contributed by atoms with van der Waals surface area (Å²) in [6, 6.07) is 14.0. The van der Waals surface area contributed by atoms with Crippen molar-refractivity contribution in [3.63, 3.8) is 0 Å². The van der Waals surface area contributed by atoms with Gasteiger partial charge in [-0.2, -0.15) is 0 Å². The second-order valence-corrected chi connectivity index (χ2v) is 6.82. The molecule has 29 heavy (non-hydrogen) atoms. The summed E-state index contributed by atoms with van der Waals surface area (Å²) in [7, 11) is 1.45. The maximum atomic E-state index is 12.5. The molecule has 0 heterocycles. The number of amides is 4. The van der Waals surface area contributed by atoms with Crippen LogP contribution in [0, 0.1) is 0 Å². The number of nitrogens with one attached hydrogen (secondary N) is 4. The minimum atomic E-state index is -0.266. The van der Waals surface area contributed by atoms with E-state index in [2.05, 4.69) is 21.3 Å². The number of benzene rings is 2. The van der Waals surface area contributed by atoms with Crippen LogP contribution in [0.25, 0.3) is 0 Å². The molecule has 2 aromatic carbocycles. The Morgan fingerprint density at radius 2 is 1.72 bits per heavy atom. The van der Waals surface area contributed by atoms with Crippen molar-refractivity contribution in [2.45, 2.75) is 25.4 Å². The maximum Gasteiger partial charge on any atom is 0.319 e. The molecule has 1 fully saturated rings. The molecule has 0 aliphatic heterocycles. The molecule has 0 spiro atoms. The molecule has 1 aliphatic carbocycles. The van der Waals surface area contributed by atoms with Crippen LogP contribution in [0.3, 0.4) is 0 Å². The van der Waals surface area contributed by atoms with Crippen molar-refractivity contribution in [1.82, 2.24) is 10.6 Å². The van der Waals surface area contributed by atoms with Gasteiger partial charge < -0.3 is 26.0 Å². The number of urea groups is 1. The predicted molar refractivity (Wildman–Crippen MR) is 110 cm³/mol. The SMILES string of the molecule is COCC(=O)Nc1cccc(CNC(=O)c2cccc(NC(=O)NC3CC3)c2)c1. The van der Waals surface area contributed by atoms with E-state index in [4.69, 9.17) is 4.74 Å². The number of carbonyl (C=O) groups is 3. The molecule has 0 unspecified atom stereocenters. The first-order valence-electron chi connectivity index (χ1n) is 9.37. The molecule has 0 atom stereocenters. The third-order valence-electron chi connectivity index (χ3n) is 4.23. The van der Waals surface area contributed by atoms with Gasteiger partial charge in [0, 0.05) is 36.6 Å². The van der Waals surface area contributed by atoms with Crippen molar-refractivity contribution in [1.29, 1.82) is 0 Å². The molecule has 152 valence electrons. The van der Waals surface area contributed by atoms with Crippen LogP contribution >= 0.6 is 0 Å². The molecule has 0 saturated heterocycles. The topological polar surface area (TPSA) is 109 Å². The maximum absolute atomic E-state index is 12.5. The second kappa shape index (κ2) is 9.70. The van der Waals surface area contributed by atoms with Crippen molar-refractivity contribution < 1.29 is 19.1 Å². The van der Waals surface area contributed by atoms with E-state index in [1.807, 2.05) is 6.07 Å². The Kier molecular flexibility index (Phi) is 6.80. The Labute approximate surface area is 169 Å². The van der Waals surface area contributed by atoms with Crippen LogP contribution in [-0.2, 0) is 16.1 Å². The fraction of sp³-hybridized carbons (Fsp3) is 0.286. The van der Waals surface area contributed by atoms with Gasteiger partial charge in [-0.25, -0.2) is 4.79 Å². The van der Waals surface area contributed by atoms with E-state index in [1.165, 1.54) is 7.11 Å². The molecule has 0 aromatic heterocycles. The van der Waals surface area contributed by atoms with Crippen molar-refractivity contribution in [3.8, 4) is 0 Å². The Balaban J connectivity index is 1.54. The highest BCUT2D eigenvalue weighted by atomic mass is 16.5. The molecule has 0 radical (unpaired) electrons. The summed E-state index contributed by atoms with van der Waals surface area (Å²) < 4.78 is 4.79. The smallest absolute Gasteiger partial charge is 0.319 e. The summed E-state index contributed by atoms with van der Waals surface area (Å²) >= 11 is 0. The molecule has 0 bridgehead atoms. The zero-order chi connectivity index (χ0) is 20.6. The van der Waals surface area contributed by atoms with Crippen LogP contribution in [0.2, 0.25) is 0 Å². The lowest BCUT2D eigenvalue weighted by atomic mass is 10.1. The second-order valence-electron chi connectivity index (χ2n) is 6.82. The van der Waals surface area contributed by atoms with E-state index < -0.39 is 0 Å². The van der Waals surface area contributed by atoms with Gasteiger partial charge in [-0.15, -0.1) is 0 Å². The summed E-state index contributed by atoms with van der Waals surface area (Å²) in [6.07, 6.45) is 2.01. The molecule has 4 N–H and O–H groups in total. The number of hydrogen-bond donors (Lipinski definition) is 4. The number of methoxy groups -OCH3 is 1. The summed E-state index contributed by atoms with van der Waals surface area (Å²) in [5, 5.41) is 11.1. The van der Waals surface area contributed by atoms with E-state index in [0.29, 0.717) is 23.5 Å². The Hall–Kier alpha value is -3.39. The normalized spacial score (nSPS) is 12.7. The van der Waals surface area contributed by atoms with Gasteiger partial charge in [0.15, 0.2) is 0 Å². The van der Waals surface area contributed by atoms with E-state index in [9.17, 15) is 14.4 Å². The predicted octanol–water partition coefficient (Wildman–Crippen LogP) is 2.49. The zero-order valence-electron chi connectivity index (χ0n) is 16.2. The van der Waals surface area contributed by atoms with E-state index >= 15 is 0 Å². The molecular weight excluding hydrogens is 372 g/mol. The Morgan fingerprint density at radius 3 is 2.45 bits per heavy atom. The lowest BCUT2D eigenvalue weighted by Gasteiger charge is -2.10. The number of carbonyl (C=O) groups excluding carboxylic acids is 3. The number of hydrogen-bond acceptors (Lipinski definition) is 4. The van der Waals surface area contributed by atoms with Gasteiger partial charge in [-0.05, 0) is 48.7 Å². The van der Waals surface area contributed by atoms with Crippen LogP contribution in [0.4, 0.5) is 16.2 Å². The first kappa shape index (κ1) is 20.3. The van der Waals surface area contributed by atoms with E-state index in [-0.39, 0.29) is 30.5 Å². The minimum absolute atomic E-state index is 0.0238. The lowest BCUT2D eigenvalue weighted by Crippen LogP contribution is -2.30. The Morgan fingerprint density at radius 1 is 1.00 bits per heavy atom. The van der Waals surface area contributed by atoms with Crippen LogP contribution in [0.1, 0.15) is 28.8 Å². The summed E-state index contributed by atoms with van der Waals surface area (Å²) in [5.41, 5.74) is 2.47. The Bertz CT molecular complexity index is 896. The van der Waals surface area contributed by atoms with Gasteiger partial charge in [0.25, 0.3) is 5.91 Å². The van der Waals surface area contributed by atoms with Crippen LogP contribution in [0.15, 0.2) is 48.5 Å². The number of ether oxygens (including phenoxy) is 1. The highest BCUT2D eigenvalue weighted by Crippen LogP contribution is 2.19. The van der Waals surface area contributed by atoms with Gasteiger partial charge in [0.2, 0.25) is 5.91 Å². The third-order valence-corrected chi connectivity index (χ3v) is 4.23. The van der Waals surface area contributed by atoms with Gasteiger partial charge in [0.1, 0.15) is 6.61 Å². The molecule has 2 aromatic rings. The molecule has 1 aliphatic rings. The van der Waals surface area contributed by atoms with Gasteiger partial charge in [0.05, 0.1) is 0 Å². The highest BCUT2D eigenvalue weighted by Gasteiger charge is 2.23. The average Bonchev–Trinajstić information content (AvgIpc) is 3.50. The van der Waals surface area contributed by atoms with Gasteiger partial charge >= 0.3 is 6.03 Å². The number of anilines is 2. The fourth-order valence-electron chi connectivity index (χ4n) is 2.69. The van der Waals surface area contributed by atoms with Crippen molar-refractivity contribution in [3.05, 3.63) is 59.7 Å². The fourth-order valence-corrected chi connectivity index (χ4v) is 2.69. The monoisotopic (exact) mass is 396 g/mol. The number of rotatable bonds is 8. The zero-order valence-corrected chi connectivity index (χ0v) is 16.2. The van der Waals surface area contributed by atoms with Crippen LogP contribution in [-0.4, -0.2) is 37.6 Å². The third kappa shape index (κ3) is 6.62. The summed E-state index contributed by atoms with van der Waals surface area (Å²) in [5.74, 6) is -0.506. The molecular formula is C21H24N4O4. The van der Waals surface area contributed by atoms with Gasteiger partial charge in [-0.1, -0.05) is 18.2 Å². The van der Waals surface area contributed by atoms with Crippen molar-refractivity contribution in [2.24, 2.45) is 0 Å². The highest BCUT2D eigenvalue weighted by molar-refractivity contribution is 5.97. The first-order valence-corrected chi connectivity index (χ1v) is 9.37. The summed E-state index contributed by atoms with van der Waals surface area (Å²) in [6.45, 7) is 0.274. The molecule has 4 amide bonds. The molecule has 3 rings (SSSR count). The molecule has 8 nitrogen and oxygen atoms in total. The standard InChI is InChI=1S/C21H24N4O4/c1-29-13-19(26)23-17-6-2-4-14(10-17)12-22-20(27)15-5-3-7-18(11-15)25-21(28)24-16-8-9-16/h2-7,10-11,16H,8-9,12-13H2,1H3,(H,22,27)(H,23,26)(H2,24,25,28). The first-order chi connectivity index (χ1) is 14.0. The quantitative estimate of drug-likeness (QED) is 0.550. The molecule has 8 heteroatoms. The summed E-state index contributed by atoms with van der Waals surface area (Å²) in [4.78, 5) is 35.9. The van der Waals surface area contributed by atoms with Crippen molar-refractivity contribution >= 4 is 29.2 Å². The van der Waals surface area contributed by atoms with Crippen LogP contribution in [0.5, 0.6) is 0 Å². The van der Waals surface area contributed by atoms with Gasteiger partial charge in [-0.3, -0.25) is 9.59 Å². The van der Waals surface area contributed by atoms with E-state index in [1.54, 1.807) is 42.5 Å². The van der Waals surface area contributed by atoms with Crippen LogP contribution < -0.4 is 21.3 Å². The largest absolute Gasteiger partial charge is 0.375 e. The average molecular weight is 396 g/mol. The van der Waals surface area contributed by atoms with Crippen molar-refractivity contribution in [2.75, 3.05) is 24.4 Å². The minimum Gasteiger partial charge on any atom is -0.375 e.